The quantitative estimate of drug-likeness (QED) is 0.151. The summed E-state index contributed by atoms with van der Waals surface area (Å²) in [6, 6.07) is 25.7. The van der Waals surface area contributed by atoms with Gasteiger partial charge in [0.05, 0.1) is 11.7 Å². The van der Waals surface area contributed by atoms with E-state index in [0.717, 1.165) is 49.9 Å². The van der Waals surface area contributed by atoms with Gasteiger partial charge in [0.15, 0.2) is 0 Å². The van der Waals surface area contributed by atoms with E-state index in [2.05, 4.69) is 162 Å². The molecular weight excluding hydrogens is 729 g/mol. The lowest BCUT2D eigenvalue weighted by Gasteiger charge is -2.36. The number of fused-ring (bicyclic) bond motifs is 7. The van der Waals surface area contributed by atoms with Crippen molar-refractivity contribution in [2.24, 2.45) is 17.6 Å². The summed E-state index contributed by atoms with van der Waals surface area (Å²) < 4.78 is 0. The van der Waals surface area contributed by atoms with Gasteiger partial charge in [-0.25, -0.2) is 0 Å². The Morgan fingerprint density at radius 1 is 0.733 bits per heavy atom. The van der Waals surface area contributed by atoms with Gasteiger partial charge in [-0.1, -0.05) is 94.8 Å². The molecule has 6 aliphatic rings. The minimum atomic E-state index is -0.138. The van der Waals surface area contributed by atoms with Gasteiger partial charge in [-0.2, -0.15) is 0 Å². The van der Waals surface area contributed by atoms with Crippen LogP contribution in [0, 0.1) is 25.7 Å². The summed E-state index contributed by atoms with van der Waals surface area (Å²) in [5, 5.41) is 2.79. The van der Waals surface area contributed by atoms with Gasteiger partial charge in [-0.05, 0) is 186 Å². The molecule has 0 fully saturated rings. The van der Waals surface area contributed by atoms with Crippen LogP contribution >= 0.6 is 0 Å². The average molecular weight is 791 g/mol. The third-order valence-electron chi connectivity index (χ3n) is 15.1. The van der Waals surface area contributed by atoms with Crippen LogP contribution < -0.4 is 31.7 Å². The van der Waals surface area contributed by atoms with E-state index < -0.39 is 0 Å². The van der Waals surface area contributed by atoms with Crippen LogP contribution in [0.25, 0.3) is 23.3 Å². The van der Waals surface area contributed by atoms with Gasteiger partial charge in [-0.15, -0.1) is 0 Å². The Morgan fingerprint density at radius 3 is 2.20 bits per heavy atom. The number of nitrogen functional groups attached to an aromatic ring is 1. The van der Waals surface area contributed by atoms with Crippen LogP contribution in [0.3, 0.4) is 0 Å². The highest BCUT2D eigenvalue weighted by Gasteiger charge is 2.50. The van der Waals surface area contributed by atoms with Crippen molar-refractivity contribution in [2.75, 3.05) is 15.5 Å². The molecule has 0 spiro atoms. The molecule has 4 unspecified atom stereocenters. The van der Waals surface area contributed by atoms with Crippen LogP contribution in [0.5, 0.6) is 0 Å². The number of hydrogen-bond donors (Lipinski definition) is 2. The molecule has 4 aromatic carbocycles. The molecule has 0 heterocycles. The largest absolute Gasteiger partial charge is 0.399 e. The van der Waals surface area contributed by atoms with E-state index >= 15 is 0 Å². The maximum atomic E-state index is 6.38. The Hall–Kier alpha value is -5.32. The predicted octanol–water partition coefficient (Wildman–Crippen LogP) is 11.9. The molecule has 6 aliphatic carbocycles. The Labute approximate surface area is 358 Å². The summed E-state index contributed by atoms with van der Waals surface area (Å²) in [4.78, 5) is 5.12. The van der Waals surface area contributed by atoms with Crippen LogP contribution in [0.15, 0.2) is 114 Å². The Balaban J connectivity index is 1.11. The predicted molar refractivity (Wildman–Crippen MR) is 256 cm³/mol. The number of aryl methyl sites for hydroxylation is 2. The molecule has 0 aliphatic heterocycles. The molecule has 0 bridgehead atoms. The molecule has 0 saturated carbocycles. The molecule has 306 valence electrons. The molecule has 4 nitrogen and oxygen atoms in total. The Kier molecular flexibility index (Phi) is 9.15. The summed E-state index contributed by atoms with van der Waals surface area (Å²) in [7, 11) is 0. The maximum absolute atomic E-state index is 6.38. The highest BCUT2D eigenvalue weighted by molar-refractivity contribution is 5.94. The summed E-state index contributed by atoms with van der Waals surface area (Å²) in [5.74, 6) is 0.914. The summed E-state index contributed by atoms with van der Waals surface area (Å²) in [5.41, 5.74) is 33.9. The van der Waals surface area contributed by atoms with E-state index in [1.807, 2.05) is 12.1 Å². The standard InChI is InChI=1S/C56H62N4/c1-33-13-25-51(35(3)27-33)59(39-19-15-37(57)16-20-39)41-23-24-42-45-30-49-46(31-48(45)55(5,6)47(42)29-41)54-44-12-10-9-11-43(44)53(32-50(54)56(49,7)8)60(40-21-17-38(58)18-22-40)52-26-14-34(2)28-36(52)4/h11-15,17-19,21-27,29,31-32,34,37,39,49H,9-10,16,20,28,30,57-58H2,1-8H3. The minimum Gasteiger partial charge on any atom is -0.399 e. The molecule has 4 aromatic rings. The van der Waals surface area contributed by atoms with Crippen LogP contribution in [0.2, 0.25) is 0 Å². The number of nitrogens with zero attached hydrogens (tertiary/aromatic N) is 2. The molecular formula is C56H62N4. The van der Waals surface area contributed by atoms with Gasteiger partial charge >= 0.3 is 0 Å². The second-order valence-electron chi connectivity index (χ2n) is 19.9. The topological polar surface area (TPSA) is 58.5 Å². The number of nitrogens with two attached hydrogens (primary N) is 2. The normalized spacial score (nSPS) is 24.1. The zero-order chi connectivity index (χ0) is 41.8. The summed E-state index contributed by atoms with van der Waals surface area (Å²) in [6.45, 7) is 19.0. The van der Waals surface area contributed by atoms with Gasteiger partial charge in [0.2, 0.25) is 0 Å². The van der Waals surface area contributed by atoms with Crippen molar-refractivity contribution in [3.63, 3.8) is 0 Å². The number of anilines is 5. The third kappa shape index (κ3) is 6.04. The first kappa shape index (κ1) is 38.9. The van der Waals surface area contributed by atoms with Gasteiger partial charge in [0.1, 0.15) is 0 Å². The molecule has 0 amide bonds. The van der Waals surface area contributed by atoms with Crippen LogP contribution in [-0.2, 0) is 10.8 Å². The van der Waals surface area contributed by atoms with E-state index in [1.54, 1.807) is 0 Å². The molecule has 0 radical (unpaired) electrons. The van der Waals surface area contributed by atoms with Gasteiger partial charge in [-0.3, -0.25) is 0 Å². The summed E-state index contributed by atoms with van der Waals surface area (Å²) in [6.07, 6.45) is 23.3. The fourth-order valence-corrected chi connectivity index (χ4v) is 11.8. The fraction of sp³-hybridized carbons (Fsp3) is 0.357. The van der Waals surface area contributed by atoms with E-state index in [-0.39, 0.29) is 22.9 Å². The zero-order valence-electron chi connectivity index (χ0n) is 37.0. The first-order valence-electron chi connectivity index (χ1n) is 22.5. The second-order valence-corrected chi connectivity index (χ2v) is 19.9. The van der Waals surface area contributed by atoms with Crippen LogP contribution in [0.1, 0.15) is 113 Å². The van der Waals surface area contributed by atoms with Gasteiger partial charge < -0.3 is 21.3 Å². The lowest BCUT2D eigenvalue weighted by Crippen LogP contribution is -2.37. The smallest absolute Gasteiger partial charge is 0.0540 e. The first-order valence-corrected chi connectivity index (χ1v) is 22.5. The van der Waals surface area contributed by atoms with Crippen LogP contribution in [0.4, 0.5) is 28.4 Å². The summed E-state index contributed by atoms with van der Waals surface area (Å²) >= 11 is 0. The average Bonchev–Trinajstić information content (AvgIpc) is 3.58. The molecule has 0 saturated heterocycles. The van der Waals surface area contributed by atoms with Crippen molar-refractivity contribution < 1.29 is 0 Å². The minimum absolute atomic E-state index is 0.0668. The molecule has 10 rings (SSSR count). The van der Waals surface area contributed by atoms with E-state index in [1.165, 1.54) is 88.9 Å². The molecule has 4 atom stereocenters. The van der Waals surface area contributed by atoms with E-state index in [0.29, 0.717) is 11.8 Å². The molecule has 60 heavy (non-hydrogen) atoms. The van der Waals surface area contributed by atoms with Crippen molar-refractivity contribution in [3.8, 4) is 0 Å². The fourth-order valence-electron chi connectivity index (χ4n) is 11.8. The van der Waals surface area contributed by atoms with Gasteiger partial charge in [0.25, 0.3) is 0 Å². The Bertz CT molecular complexity index is 2750. The van der Waals surface area contributed by atoms with Crippen molar-refractivity contribution in [1.82, 2.24) is 0 Å². The molecule has 0 aromatic heterocycles. The Morgan fingerprint density at radius 2 is 1.48 bits per heavy atom. The number of benzene rings is 4. The maximum Gasteiger partial charge on any atom is 0.0540 e. The van der Waals surface area contributed by atoms with Crippen molar-refractivity contribution in [3.05, 3.63) is 158 Å². The second kappa shape index (κ2) is 14.1. The van der Waals surface area contributed by atoms with Crippen molar-refractivity contribution >= 4 is 51.7 Å². The highest BCUT2D eigenvalue weighted by atomic mass is 15.2. The van der Waals surface area contributed by atoms with Crippen molar-refractivity contribution in [2.45, 2.75) is 117 Å². The molecule has 4 heteroatoms. The monoisotopic (exact) mass is 790 g/mol. The third-order valence-corrected chi connectivity index (χ3v) is 15.1. The molecule has 4 N–H and O–H groups in total. The highest BCUT2D eigenvalue weighted by Crippen LogP contribution is 2.61. The van der Waals surface area contributed by atoms with Gasteiger partial charge in [0, 0.05) is 45.1 Å². The number of rotatable bonds is 6. The number of hydrogen-bond acceptors (Lipinski definition) is 4. The number of allylic oxidation sites excluding steroid dienone is 7. The van der Waals surface area contributed by atoms with Crippen LogP contribution in [-0.4, -0.2) is 12.1 Å². The lowest BCUT2D eigenvalue weighted by atomic mass is 9.70. The van der Waals surface area contributed by atoms with E-state index in [4.69, 9.17) is 11.5 Å². The lowest BCUT2D eigenvalue weighted by molar-refractivity contribution is 0.417. The SMILES string of the molecule is CC1=C(N(c2ccc(N)cc2)c2cc3c(c4c2=CCCC=4)C2=CC4=C(CC2C3(C)C)c2ccc(N(c3ccc(C)cc3C)C3C=CC(N)CC3)cc2C4(C)C)C=CC(C)C1. The van der Waals surface area contributed by atoms with Crippen molar-refractivity contribution in [1.29, 1.82) is 0 Å². The zero-order valence-corrected chi connectivity index (χ0v) is 37.0. The van der Waals surface area contributed by atoms with E-state index in [9.17, 15) is 0 Å². The first-order chi connectivity index (χ1) is 28.7.